The molecule has 2 aromatic rings. The van der Waals surface area contributed by atoms with E-state index in [1.54, 1.807) is 19.1 Å². The first-order chi connectivity index (χ1) is 12.9. The molecule has 0 heterocycles. The molecule has 7 heteroatoms. The van der Waals surface area contributed by atoms with Crippen LogP contribution in [-0.2, 0) is 0 Å². The van der Waals surface area contributed by atoms with E-state index in [0.717, 1.165) is 5.56 Å². The molecule has 1 N–H and O–H groups in total. The molecular formula is C20H24N2O5. The number of carbonyl (C=O) groups is 1. The number of aryl methyl sites for hydroxylation is 1. The maximum absolute atomic E-state index is 12.5. The number of hydrogen-bond acceptors (Lipinski definition) is 5. The topological polar surface area (TPSA) is 90.7 Å². The van der Waals surface area contributed by atoms with Crippen LogP contribution in [0.4, 0.5) is 5.69 Å². The van der Waals surface area contributed by atoms with Crippen molar-refractivity contribution in [3.05, 3.63) is 63.2 Å². The molecule has 0 fully saturated rings. The number of nitrogens with zero attached hydrogens (tertiary/aromatic N) is 1. The van der Waals surface area contributed by atoms with Gasteiger partial charge in [0.1, 0.15) is 0 Å². The number of carbonyl (C=O) groups excluding carboxylic acids is 1. The van der Waals surface area contributed by atoms with Crippen molar-refractivity contribution in [2.24, 2.45) is 0 Å². The van der Waals surface area contributed by atoms with Gasteiger partial charge in [-0.05, 0) is 51.5 Å². The van der Waals surface area contributed by atoms with Crippen LogP contribution in [0, 0.1) is 17.0 Å². The Morgan fingerprint density at radius 2 is 1.78 bits per heavy atom. The average molecular weight is 372 g/mol. The smallest absolute Gasteiger partial charge is 0.273 e. The van der Waals surface area contributed by atoms with Crippen LogP contribution in [0.5, 0.6) is 11.5 Å². The normalized spacial score (nSPS) is 11.6. The zero-order chi connectivity index (χ0) is 20.0. The fourth-order valence-corrected chi connectivity index (χ4v) is 2.65. The second-order valence-corrected chi connectivity index (χ2v) is 6.03. The van der Waals surface area contributed by atoms with Gasteiger partial charge in [-0.25, -0.2) is 0 Å². The Kier molecular flexibility index (Phi) is 6.76. The molecule has 7 nitrogen and oxygen atoms in total. The van der Waals surface area contributed by atoms with Crippen molar-refractivity contribution in [2.45, 2.75) is 33.7 Å². The molecule has 144 valence electrons. The molecule has 0 saturated carbocycles. The first kappa shape index (κ1) is 20.2. The summed E-state index contributed by atoms with van der Waals surface area (Å²) in [6.07, 6.45) is 0. The largest absolute Gasteiger partial charge is 0.490 e. The van der Waals surface area contributed by atoms with Crippen LogP contribution < -0.4 is 14.8 Å². The van der Waals surface area contributed by atoms with Gasteiger partial charge in [-0.15, -0.1) is 0 Å². The highest BCUT2D eigenvalue weighted by Gasteiger charge is 2.18. The molecule has 2 rings (SSSR count). The van der Waals surface area contributed by atoms with Crippen molar-refractivity contribution in [3.8, 4) is 11.5 Å². The van der Waals surface area contributed by atoms with Crippen molar-refractivity contribution in [3.63, 3.8) is 0 Å². The van der Waals surface area contributed by atoms with Gasteiger partial charge in [0.15, 0.2) is 11.5 Å². The summed E-state index contributed by atoms with van der Waals surface area (Å²) in [4.78, 5) is 23.1. The van der Waals surface area contributed by atoms with Gasteiger partial charge in [0.25, 0.3) is 11.6 Å². The second-order valence-electron chi connectivity index (χ2n) is 6.03. The first-order valence-electron chi connectivity index (χ1n) is 8.82. The summed E-state index contributed by atoms with van der Waals surface area (Å²) in [7, 11) is 0. The lowest BCUT2D eigenvalue weighted by Crippen LogP contribution is -2.26. The van der Waals surface area contributed by atoms with E-state index in [9.17, 15) is 14.9 Å². The fraction of sp³-hybridized carbons (Fsp3) is 0.350. The quantitative estimate of drug-likeness (QED) is 0.554. The molecule has 0 spiro atoms. The third kappa shape index (κ3) is 4.97. The van der Waals surface area contributed by atoms with E-state index in [4.69, 9.17) is 9.47 Å². The van der Waals surface area contributed by atoms with Crippen LogP contribution in [-0.4, -0.2) is 24.0 Å². The third-order valence-electron chi connectivity index (χ3n) is 4.08. The van der Waals surface area contributed by atoms with E-state index in [2.05, 4.69) is 5.32 Å². The Balaban J connectivity index is 2.20. The van der Waals surface area contributed by atoms with E-state index < -0.39 is 4.92 Å². The number of nitro benzene ring substituents is 1. The summed E-state index contributed by atoms with van der Waals surface area (Å²) < 4.78 is 11.2. The Morgan fingerprint density at radius 1 is 1.11 bits per heavy atom. The standard InChI is InChI=1S/C20H24N2O5/c1-5-26-18-10-9-15(12-19(18)27-6-2)14(4)21-20(23)16-8-7-13(3)17(11-16)22(24)25/h7-12,14H,5-6H2,1-4H3,(H,21,23). The number of hydrogen-bond donors (Lipinski definition) is 1. The molecule has 0 saturated heterocycles. The maximum atomic E-state index is 12.5. The van der Waals surface area contributed by atoms with Crippen molar-refractivity contribution < 1.29 is 19.2 Å². The monoisotopic (exact) mass is 372 g/mol. The van der Waals surface area contributed by atoms with Gasteiger partial charge in [0.2, 0.25) is 0 Å². The summed E-state index contributed by atoms with van der Waals surface area (Å²) >= 11 is 0. The number of amides is 1. The van der Waals surface area contributed by atoms with Gasteiger partial charge in [0.05, 0.1) is 24.2 Å². The number of nitrogens with one attached hydrogen (secondary N) is 1. The molecule has 0 aliphatic carbocycles. The highest BCUT2D eigenvalue weighted by atomic mass is 16.6. The van der Waals surface area contributed by atoms with Gasteiger partial charge in [0, 0.05) is 17.2 Å². The summed E-state index contributed by atoms with van der Waals surface area (Å²) in [6, 6.07) is 9.63. The molecular weight excluding hydrogens is 348 g/mol. The van der Waals surface area contributed by atoms with E-state index in [1.807, 2.05) is 39.0 Å². The Labute approximate surface area is 158 Å². The van der Waals surface area contributed by atoms with Gasteiger partial charge in [-0.2, -0.15) is 0 Å². The van der Waals surface area contributed by atoms with Crippen molar-refractivity contribution in [1.29, 1.82) is 0 Å². The van der Waals surface area contributed by atoms with Crippen molar-refractivity contribution in [1.82, 2.24) is 5.32 Å². The van der Waals surface area contributed by atoms with Crippen LogP contribution in [0.25, 0.3) is 0 Å². The fourth-order valence-electron chi connectivity index (χ4n) is 2.65. The van der Waals surface area contributed by atoms with E-state index in [-0.39, 0.29) is 23.2 Å². The van der Waals surface area contributed by atoms with Gasteiger partial charge in [-0.1, -0.05) is 12.1 Å². The summed E-state index contributed by atoms with van der Waals surface area (Å²) in [6.45, 7) is 8.28. The molecule has 0 aliphatic rings. The van der Waals surface area contributed by atoms with Crippen LogP contribution in [0.1, 0.15) is 48.3 Å². The molecule has 0 bridgehead atoms. The summed E-state index contributed by atoms with van der Waals surface area (Å²) in [5.41, 5.74) is 1.53. The van der Waals surface area contributed by atoms with E-state index >= 15 is 0 Å². The van der Waals surface area contributed by atoms with Crippen LogP contribution in [0.2, 0.25) is 0 Å². The van der Waals surface area contributed by atoms with Crippen LogP contribution in [0.3, 0.4) is 0 Å². The number of ether oxygens (including phenoxy) is 2. The minimum Gasteiger partial charge on any atom is -0.490 e. The zero-order valence-electron chi connectivity index (χ0n) is 15.9. The highest BCUT2D eigenvalue weighted by Crippen LogP contribution is 2.31. The predicted molar refractivity (Wildman–Crippen MR) is 102 cm³/mol. The Morgan fingerprint density at radius 3 is 2.41 bits per heavy atom. The van der Waals surface area contributed by atoms with Gasteiger partial charge >= 0.3 is 0 Å². The second kappa shape index (κ2) is 9.02. The Bertz CT molecular complexity index is 835. The number of rotatable bonds is 8. The Hall–Kier alpha value is -3.09. The molecule has 2 aromatic carbocycles. The third-order valence-corrected chi connectivity index (χ3v) is 4.08. The lowest BCUT2D eigenvalue weighted by molar-refractivity contribution is -0.385. The number of nitro groups is 1. The lowest BCUT2D eigenvalue weighted by atomic mass is 10.1. The van der Waals surface area contributed by atoms with Crippen LogP contribution >= 0.6 is 0 Å². The number of benzene rings is 2. The van der Waals surface area contributed by atoms with E-state index in [1.165, 1.54) is 6.07 Å². The molecule has 0 radical (unpaired) electrons. The minimum absolute atomic E-state index is 0.0741. The highest BCUT2D eigenvalue weighted by molar-refractivity contribution is 5.95. The maximum Gasteiger partial charge on any atom is 0.273 e. The van der Waals surface area contributed by atoms with Crippen molar-refractivity contribution in [2.75, 3.05) is 13.2 Å². The molecule has 0 aromatic heterocycles. The summed E-state index contributed by atoms with van der Waals surface area (Å²) in [5.74, 6) is 0.886. The van der Waals surface area contributed by atoms with E-state index in [0.29, 0.717) is 30.3 Å². The molecule has 0 aliphatic heterocycles. The molecule has 1 amide bonds. The van der Waals surface area contributed by atoms with Gasteiger partial charge in [-0.3, -0.25) is 14.9 Å². The SMILES string of the molecule is CCOc1ccc(C(C)NC(=O)c2ccc(C)c([N+](=O)[O-])c2)cc1OCC. The minimum atomic E-state index is -0.490. The molecule has 27 heavy (non-hydrogen) atoms. The lowest BCUT2D eigenvalue weighted by Gasteiger charge is -2.17. The average Bonchev–Trinajstić information content (AvgIpc) is 2.63. The van der Waals surface area contributed by atoms with Crippen LogP contribution in [0.15, 0.2) is 36.4 Å². The zero-order valence-corrected chi connectivity index (χ0v) is 15.9. The molecule has 1 atom stereocenters. The first-order valence-corrected chi connectivity index (χ1v) is 8.82. The van der Waals surface area contributed by atoms with Gasteiger partial charge < -0.3 is 14.8 Å². The molecule has 1 unspecified atom stereocenters. The summed E-state index contributed by atoms with van der Waals surface area (Å²) in [5, 5.41) is 13.9. The van der Waals surface area contributed by atoms with Crippen molar-refractivity contribution >= 4 is 11.6 Å². The predicted octanol–water partition coefficient (Wildman–Crippen LogP) is 4.19.